The van der Waals surface area contributed by atoms with Gasteiger partial charge in [0.2, 0.25) is 0 Å². The van der Waals surface area contributed by atoms with Crippen LogP contribution in [-0.4, -0.2) is 25.7 Å². The Morgan fingerprint density at radius 1 is 1.29 bits per heavy atom. The average Bonchev–Trinajstić information content (AvgIpc) is 2.97. The van der Waals surface area contributed by atoms with Crippen molar-refractivity contribution in [2.75, 3.05) is 0 Å². The van der Waals surface area contributed by atoms with Crippen molar-refractivity contribution in [3.8, 4) is 11.3 Å². The molecule has 7 heteroatoms. The van der Waals surface area contributed by atoms with Crippen LogP contribution >= 0.6 is 0 Å². The fraction of sp³-hybridized carbons (Fsp3) is 0.176. The van der Waals surface area contributed by atoms with Crippen LogP contribution in [0, 0.1) is 6.92 Å². The van der Waals surface area contributed by atoms with Gasteiger partial charge in [-0.1, -0.05) is 23.8 Å². The number of aryl methyl sites for hydroxylation is 2. The van der Waals surface area contributed by atoms with Gasteiger partial charge in [0.25, 0.3) is 11.5 Å². The van der Waals surface area contributed by atoms with Gasteiger partial charge in [-0.25, -0.2) is 0 Å². The first-order chi connectivity index (χ1) is 11.5. The van der Waals surface area contributed by atoms with Gasteiger partial charge in [-0.05, 0) is 30.7 Å². The Bertz CT molecular complexity index is 942. The van der Waals surface area contributed by atoms with Gasteiger partial charge < -0.3 is 14.9 Å². The minimum absolute atomic E-state index is 0.0635. The summed E-state index contributed by atoms with van der Waals surface area (Å²) in [5, 5.41) is 10.3. The van der Waals surface area contributed by atoms with Crippen LogP contribution in [0.25, 0.3) is 11.3 Å². The number of nitrogens with one attached hydrogen (secondary N) is 2. The number of amides is 1. The normalized spacial score (nSPS) is 10.6. The van der Waals surface area contributed by atoms with Gasteiger partial charge in [-0.2, -0.15) is 0 Å². The summed E-state index contributed by atoms with van der Waals surface area (Å²) in [7, 11) is 1.78. The van der Waals surface area contributed by atoms with E-state index in [1.165, 1.54) is 6.07 Å². The van der Waals surface area contributed by atoms with Crippen LogP contribution in [-0.2, 0) is 13.6 Å². The molecule has 24 heavy (non-hydrogen) atoms. The first-order valence-corrected chi connectivity index (χ1v) is 7.46. The second kappa shape index (κ2) is 6.49. The summed E-state index contributed by atoms with van der Waals surface area (Å²) < 4.78 is 1.70. The Hall–Kier alpha value is -3.22. The number of rotatable bonds is 4. The Morgan fingerprint density at radius 3 is 2.79 bits per heavy atom. The lowest BCUT2D eigenvalue weighted by molar-refractivity contribution is 0.0948. The third kappa shape index (κ3) is 3.24. The van der Waals surface area contributed by atoms with E-state index in [1.807, 2.05) is 31.2 Å². The van der Waals surface area contributed by atoms with E-state index >= 15 is 0 Å². The Balaban J connectivity index is 1.78. The molecule has 0 radical (unpaired) electrons. The molecule has 122 valence electrons. The lowest BCUT2D eigenvalue weighted by Crippen LogP contribution is -2.30. The zero-order valence-electron chi connectivity index (χ0n) is 13.4. The van der Waals surface area contributed by atoms with Crippen molar-refractivity contribution >= 4 is 5.91 Å². The molecule has 0 aliphatic heterocycles. The predicted molar refractivity (Wildman–Crippen MR) is 89.4 cm³/mol. The molecule has 3 rings (SSSR count). The highest BCUT2D eigenvalue weighted by Crippen LogP contribution is 2.16. The van der Waals surface area contributed by atoms with E-state index in [0.29, 0.717) is 11.5 Å². The van der Waals surface area contributed by atoms with Crippen LogP contribution in [0.5, 0.6) is 0 Å². The number of carbonyl (C=O) groups is 1. The Kier molecular flexibility index (Phi) is 4.24. The Labute approximate surface area is 138 Å². The van der Waals surface area contributed by atoms with Gasteiger partial charge in [0.15, 0.2) is 5.82 Å². The number of benzene rings is 1. The summed E-state index contributed by atoms with van der Waals surface area (Å²) in [6.07, 6.45) is 1.55. The molecule has 0 unspecified atom stereocenters. The van der Waals surface area contributed by atoms with E-state index in [1.54, 1.807) is 24.0 Å². The fourth-order valence-electron chi connectivity index (χ4n) is 2.36. The predicted octanol–water partition coefficient (Wildman–Crippen LogP) is 1.41. The largest absolute Gasteiger partial charge is 0.345 e. The minimum Gasteiger partial charge on any atom is -0.345 e. The molecule has 7 nitrogen and oxygen atoms in total. The standard InChI is InChI=1S/C17H17N5O2/c1-11-4-3-5-12(8-11)14-7-6-13(17(24)20-14)16(23)18-9-15-21-19-10-22(15)2/h3-8,10H,9H2,1-2H3,(H,18,23)(H,20,24). The summed E-state index contributed by atoms with van der Waals surface area (Å²) >= 11 is 0. The number of aromatic nitrogens is 4. The van der Waals surface area contributed by atoms with Crippen molar-refractivity contribution in [2.45, 2.75) is 13.5 Å². The molecule has 2 aromatic heterocycles. The third-order valence-electron chi connectivity index (χ3n) is 3.70. The molecule has 2 heterocycles. The number of nitrogens with zero attached hydrogens (tertiary/aromatic N) is 3. The molecule has 0 fully saturated rings. The van der Waals surface area contributed by atoms with E-state index in [0.717, 1.165) is 11.1 Å². The van der Waals surface area contributed by atoms with Crippen LogP contribution in [0.15, 0.2) is 47.5 Å². The third-order valence-corrected chi connectivity index (χ3v) is 3.70. The van der Waals surface area contributed by atoms with Crippen molar-refractivity contribution in [1.82, 2.24) is 25.1 Å². The average molecular weight is 323 g/mol. The van der Waals surface area contributed by atoms with E-state index < -0.39 is 11.5 Å². The maximum Gasteiger partial charge on any atom is 0.261 e. The molecule has 0 atom stereocenters. The molecule has 2 N–H and O–H groups in total. The number of H-pyrrole nitrogens is 1. The van der Waals surface area contributed by atoms with Gasteiger partial charge in [0.05, 0.1) is 6.54 Å². The summed E-state index contributed by atoms with van der Waals surface area (Å²) in [4.78, 5) is 27.2. The monoisotopic (exact) mass is 323 g/mol. The molecule has 0 aliphatic rings. The first kappa shape index (κ1) is 15.7. The van der Waals surface area contributed by atoms with Crippen molar-refractivity contribution in [3.63, 3.8) is 0 Å². The molecule has 3 aromatic rings. The van der Waals surface area contributed by atoms with Crippen LogP contribution in [0.4, 0.5) is 0 Å². The molecule has 0 spiro atoms. The summed E-state index contributed by atoms with van der Waals surface area (Å²) in [6.45, 7) is 2.18. The quantitative estimate of drug-likeness (QED) is 0.759. The molecule has 1 amide bonds. The van der Waals surface area contributed by atoms with Crippen LogP contribution in [0.1, 0.15) is 21.7 Å². The SMILES string of the molecule is Cc1cccc(-c2ccc(C(=O)NCc3nncn3C)c(=O)[nH]2)c1. The summed E-state index contributed by atoms with van der Waals surface area (Å²) in [5.74, 6) is 0.159. The topological polar surface area (TPSA) is 92.7 Å². The molecule has 0 saturated carbocycles. The second-order valence-electron chi connectivity index (χ2n) is 5.53. The van der Waals surface area contributed by atoms with Crippen molar-refractivity contribution in [3.05, 3.63) is 70.0 Å². The zero-order valence-corrected chi connectivity index (χ0v) is 13.4. The second-order valence-corrected chi connectivity index (χ2v) is 5.53. The lowest BCUT2D eigenvalue weighted by atomic mass is 10.1. The Morgan fingerprint density at radius 2 is 2.12 bits per heavy atom. The molecular formula is C17H17N5O2. The fourth-order valence-corrected chi connectivity index (χ4v) is 2.36. The molecule has 1 aromatic carbocycles. The van der Waals surface area contributed by atoms with Crippen LogP contribution < -0.4 is 10.9 Å². The highest BCUT2D eigenvalue weighted by molar-refractivity contribution is 5.94. The van der Waals surface area contributed by atoms with E-state index in [2.05, 4.69) is 20.5 Å². The van der Waals surface area contributed by atoms with Gasteiger partial charge in [-0.15, -0.1) is 10.2 Å². The van der Waals surface area contributed by atoms with Gasteiger partial charge >= 0.3 is 0 Å². The highest BCUT2D eigenvalue weighted by atomic mass is 16.2. The van der Waals surface area contributed by atoms with Crippen molar-refractivity contribution in [1.29, 1.82) is 0 Å². The summed E-state index contributed by atoms with van der Waals surface area (Å²) in [5.41, 5.74) is 2.31. The van der Waals surface area contributed by atoms with E-state index in [4.69, 9.17) is 0 Å². The van der Waals surface area contributed by atoms with Crippen LogP contribution in [0.2, 0.25) is 0 Å². The number of hydrogen-bond donors (Lipinski definition) is 2. The number of aromatic amines is 1. The number of pyridine rings is 1. The van der Waals surface area contributed by atoms with Gasteiger partial charge in [-0.3, -0.25) is 9.59 Å². The maximum atomic E-state index is 12.2. The minimum atomic E-state index is -0.449. The van der Waals surface area contributed by atoms with Crippen molar-refractivity contribution < 1.29 is 4.79 Å². The summed E-state index contributed by atoms with van der Waals surface area (Å²) in [6, 6.07) is 11.0. The molecule has 0 bridgehead atoms. The van der Waals surface area contributed by atoms with Crippen molar-refractivity contribution in [2.24, 2.45) is 7.05 Å². The van der Waals surface area contributed by atoms with Crippen LogP contribution in [0.3, 0.4) is 0 Å². The maximum absolute atomic E-state index is 12.2. The molecule has 0 aliphatic carbocycles. The van der Waals surface area contributed by atoms with E-state index in [-0.39, 0.29) is 12.1 Å². The number of carbonyl (C=O) groups excluding carboxylic acids is 1. The van der Waals surface area contributed by atoms with Gasteiger partial charge in [0.1, 0.15) is 11.9 Å². The van der Waals surface area contributed by atoms with Gasteiger partial charge in [0, 0.05) is 12.7 Å². The van der Waals surface area contributed by atoms with E-state index in [9.17, 15) is 9.59 Å². The first-order valence-electron chi connectivity index (χ1n) is 7.46. The molecular weight excluding hydrogens is 306 g/mol. The molecule has 0 saturated heterocycles. The highest BCUT2D eigenvalue weighted by Gasteiger charge is 2.12. The lowest BCUT2D eigenvalue weighted by Gasteiger charge is -2.06. The zero-order chi connectivity index (χ0) is 17.1. The smallest absolute Gasteiger partial charge is 0.261 e. The number of hydrogen-bond acceptors (Lipinski definition) is 4.